The van der Waals surface area contributed by atoms with Crippen molar-refractivity contribution < 1.29 is 29.8 Å². The molecule has 12 heteroatoms. The third-order valence-corrected chi connectivity index (χ3v) is 4.79. The molecule has 2 aliphatic rings. The molecule has 2 aliphatic heterocycles. The SMILES string of the molecule is NC(=O)C(c1ccc([N+](=O)[O-])cc1)N1C=C(N)N([C@@H]2O[C@H](CO)[C@@H](O)[C@H]2O)C1. The molecule has 0 bridgehead atoms. The first kappa shape index (κ1) is 19.8. The summed E-state index contributed by atoms with van der Waals surface area (Å²) >= 11 is 0. The van der Waals surface area contributed by atoms with Gasteiger partial charge in [-0.05, 0) is 17.7 Å². The van der Waals surface area contributed by atoms with Gasteiger partial charge in [-0.25, -0.2) is 0 Å². The van der Waals surface area contributed by atoms with E-state index >= 15 is 0 Å². The molecule has 1 aromatic carbocycles. The summed E-state index contributed by atoms with van der Waals surface area (Å²) in [6.07, 6.45) is -3.18. The van der Waals surface area contributed by atoms with Crippen molar-refractivity contribution in [2.24, 2.45) is 11.5 Å². The van der Waals surface area contributed by atoms with Crippen LogP contribution in [-0.4, -0.2) is 73.8 Å². The van der Waals surface area contributed by atoms with Crippen molar-refractivity contribution >= 4 is 11.6 Å². The number of nitrogens with zero attached hydrogens (tertiary/aromatic N) is 3. The number of amides is 1. The molecule has 1 unspecified atom stereocenters. The second kappa shape index (κ2) is 7.59. The Kier molecular flexibility index (Phi) is 5.38. The van der Waals surface area contributed by atoms with Crippen LogP contribution in [0.1, 0.15) is 11.6 Å². The van der Waals surface area contributed by atoms with Crippen molar-refractivity contribution in [2.75, 3.05) is 13.3 Å². The van der Waals surface area contributed by atoms with Gasteiger partial charge in [0.05, 0.1) is 18.2 Å². The van der Waals surface area contributed by atoms with Crippen LogP contribution in [0, 0.1) is 10.1 Å². The van der Waals surface area contributed by atoms with Crippen molar-refractivity contribution in [3.05, 3.63) is 52.0 Å². The normalized spacial score (nSPS) is 28.3. The predicted molar refractivity (Wildman–Crippen MR) is 93.6 cm³/mol. The largest absolute Gasteiger partial charge is 0.394 e. The van der Waals surface area contributed by atoms with Gasteiger partial charge in [0.15, 0.2) is 6.23 Å². The van der Waals surface area contributed by atoms with Gasteiger partial charge in [0.25, 0.3) is 5.69 Å². The number of carbonyl (C=O) groups excluding carboxylic acids is 1. The molecule has 0 saturated carbocycles. The Labute approximate surface area is 159 Å². The van der Waals surface area contributed by atoms with Gasteiger partial charge >= 0.3 is 0 Å². The number of nitrogens with two attached hydrogens (primary N) is 2. The quantitative estimate of drug-likeness (QED) is 0.263. The lowest BCUT2D eigenvalue weighted by atomic mass is 10.0. The van der Waals surface area contributed by atoms with Crippen molar-refractivity contribution in [1.29, 1.82) is 0 Å². The van der Waals surface area contributed by atoms with Crippen molar-refractivity contribution in [3.63, 3.8) is 0 Å². The molecule has 0 aliphatic carbocycles. The Balaban J connectivity index is 1.81. The summed E-state index contributed by atoms with van der Waals surface area (Å²) in [4.78, 5) is 25.2. The first-order chi connectivity index (χ1) is 13.2. The van der Waals surface area contributed by atoms with Gasteiger partial charge < -0.3 is 41.3 Å². The van der Waals surface area contributed by atoms with Crippen LogP contribution >= 0.6 is 0 Å². The summed E-state index contributed by atoms with van der Waals surface area (Å²) in [5, 5.41) is 40.1. The minimum atomic E-state index is -1.32. The summed E-state index contributed by atoms with van der Waals surface area (Å²) in [6, 6.07) is 4.40. The molecular formula is C16H21N5O7. The summed E-state index contributed by atoms with van der Waals surface area (Å²) in [6.45, 7) is -0.481. The predicted octanol–water partition coefficient (Wildman–Crippen LogP) is -2.11. The third-order valence-electron chi connectivity index (χ3n) is 4.79. The molecule has 28 heavy (non-hydrogen) atoms. The highest BCUT2D eigenvalue weighted by Crippen LogP contribution is 2.32. The smallest absolute Gasteiger partial charge is 0.269 e. The summed E-state index contributed by atoms with van der Waals surface area (Å²) in [5.74, 6) is -0.552. The average molecular weight is 395 g/mol. The highest BCUT2D eigenvalue weighted by Gasteiger charge is 2.47. The number of aliphatic hydroxyl groups excluding tert-OH is 3. The maximum Gasteiger partial charge on any atom is 0.269 e. The lowest BCUT2D eigenvalue weighted by Gasteiger charge is -2.32. The molecule has 1 aromatic rings. The number of nitro benzene ring substituents is 1. The molecular weight excluding hydrogens is 374 g/mol. The van der Waals surface area contributed by atoms with Crippen molar-refractivity contribution in [1.82, 2.24) is 9.80 Å². The minimum Gasteiger partial charge on any atom is -0.394 e. The third kappa shape index (κ3) is 3.45. The minimum absolute atomic E-state index is 0.00300. The molecule has 0 spiro atoms. The molecule has 152 valence electrons. The Morgan fingerprint density at radius 2 is 1.96 bits per heavy atom. The zero-order valence-corrected chi connectivity index (χ0v) is 14.7. The molecule has 0 aromatic heterocycles. The second-order valence-corrected chi connectivity index (χ2v) is 6.56. The van der Waals surface area contributed by atoms with E-state index in [1.165, 1.54) is 40.3 Å². The highest BCUT2D eigenvalue weighted by molar-refractivity contribution is 5.81. The van der Waals surface area contributed by atoms with Gasteiger partial charge in [-0.2, -0.15) is 0 Å². The molecule has 2 heterocycles. The zero-order valence-electron chi connectivity index (χ0n) is 14.7. The van der Waals surface area contributed by atoms with Gasteiger partial charge in [0.2, 0.25) is 5.91 Å². The van der Waals surface area contributed by atoms with Crippen LogP contribution in [0.15, 0.2) is 36.3 Å². The Hall–Kier alpha value is -2.93. The van der Waals surface area contributed by atoms with Gasteiger partial charge in [0.1, 0.15) is 30.2 Å². The van der Waals surface area contributed by atoms with Crippen LogP contribution < -0.4 is 11.5 Å². The molecule has 12 nitrogen and oxygen atoms in total. The molecule has 1 saturated heterocycles. The van der Waals surface area contributed by atoms with Crippen LogP contribution in [0.2, 0.25) is 0 Å². The number of aliphatic hydroxyl groups is 3. The highest BCUT2D eigenvalue weighted by atomic mass is 16.6. The van der Waals surface area contributed by atoms with E-state index in [9.17, 15) is 30.2 Å². The Morgan fingerprint density at radius 3 is 2.46 bits per heavy atom. The Bertz CT molecular complexity index is 786. The zero-order chi connectivity index (χ0) is 20.6. The van der Waals surface area contributed by atoms with E-state index in [2.05, 4.69) is 0 Å². The molecule has 1 fully saturated rings. The van der Waals surface area contributed by atoms with E-state index in [4.69, 9.17) is 16.2 Å². The van der Waals surface area contributed by atoms with Gasteiger partial charge in [-0.15, -0.1) is 0 Å². The lowest BCUT2D eigenvalue weighted by molar-refractivity contribution is -0.384. The van der Waals surface area contributed by atoms with Crippen LogP contribution in [0.5, 0.6) is 0 Å². The average Bonchev–Trinajstić information content (AvgIpc) is 3.15. The van der Waals surface area contributed by atoms with Crippen LogP contribution in [0.4, 0.5) is 5.69 Å². The number of rotatable bonds is 6. The van der Waals surface area contributed by atoms with Gasteiger partial charge in [-0.1, -0.05) is 0 Å². The van der Waals surface area contributed by atoms with E-state index in [0.29, 0.717) is 5.56 Å². The number of hydrogen-bond donors (Lipinski definition) is 5. The first-order valence-electron chi connectivity index (χ1n) is 8.40. The van der Waals surface area contributed by atoms with Crippen LogP contribution in [0.25, 0.3) is 0 Å². The van der Waals surface area contributed by atoms with Gasteiger partial charge in [-0.3, -0.25) is 14.9 Å². The Morgan fingerprint density at radius 1 is 1.32 bits per heavy atom. The van der Waals surface area contributed by atoms with E-state index in [1.807, 2.05) is 0 Å². The monoisotopic (exact) mass is 395 g/mol. The maximum absolute atomic E-state index is 12.1. The second-order valence-electron chi connectivity index (χ2n) is 6.56. The number of hydrogen-bond acceptors (Lipinski definition) is 10. The fourth-order valence-corrected chi connectivity index (χ4v) is 3.36. The molecule has 1 amide bonds. The molecule has 0 radical (unpaired) electrons. The van der Waals surface area contributed by atoms with Crippen LogP contribution in [-0.2, 0) is 9.53 Å². The number of non-ortho nitro benzene ring substituents is 1. The van der Waals surface area contributed by atoms with E-state index < -0.39 is 48.0 Å². The number of primary amides is 1. The fourth-order valence-electron chi connectivity index (χ4n) is 3.36. The van der Waals surface area contributed by atoms with Gasteiger partial charge in [0, 0.05) is 18.3 Å². The van der Waals surface area contributed by atoms with E-state index in [0.717, 1.165) is 0 Å². The summed E-state index contributed by atoms with van der Waals surface area (Å²) < 4.78 is 5.46. The molecule has 5 atom stereocenters. The maximum atomic E-state index is 12.1. The molecule has 3 rings (SSSR count). The topological polar surface area (TPSA) is 189 Å². The molecule has 7 N–H and O–H groups in total. The van der Waals surface area contributed by atoms with E-state index in [1.54, 1.807) is 0 Å². The van der Waals surface area contributed by atoms with Crippen LogP contribution in [0.3, 0.4) is 0 Å². The summed E-state index contributed by atoms with van der Waals surface area (Å²) in [5.41, 5.74) is 11.8. The fraction of sp³-hybridized carbons (Fsp3) is 0.438. The number of ether oxygens (including phenoxy) is 1. The number of carbonyl (C=O) groups is 1. The van der Waals surface area contributed by atoms with E-state index in [-0.39, 0.29) is 18.2 Å². The van der Waals surface area contributed by atoms with Crippen molar-refractivity contribution in [2.45, 2.75) is 30.6 Å². The summed E-state index contributed by atoms with van der Waals surface area (Å²) in [7, 11) is 0. The number of nitro groups is 1. The number of benzene rings is 1. The standard InChI is InChI=1S/C16H21N5O7/c17-11-5-19(7-20(11)16-14(24)13(23)10(6-22)28-16)12(15(18)25)8-1-3-9(4-2-8)21(26)27/h1-5,10,12-14,16,22-24H,6-7,17H2,(H2,18,25)/t10-,12?,13-,14-,16-/m1/s1. The van der Waals surface area contributed by atoms with Crippen molar-refractivity contribution in [3.8, 4) is 0 Å². The first-order valence-corrected chi connectivity index (χ1v) is 8.40. The lowest BCUT2D eigenvalue weighted by Crippen LogP contribution is -2.46.